The molecule has 1 saturated heterocycles. The first-order valence-electron chi connectivity index (χ1n) is 7.08. The molecular formula is C12H13FN2O5S. The predicted molar refractivity (Wildman–Crippen MR) is 71.7 cm³/mol. The summed E-state index contributed by atoms with van der Waals surface area (Å²) in [7, 11) is 0.802. The van der Waals surface area contributed by atoms with Gasteiger partial charge in [0.15, 0.2) is 6.20 Å². The Labute approximate surface area is 128 Å². The third-order valence-electron chi connectivity index (χ3n) is 2.76. The van der Waals surface area contributed by atoms with Crippen LogP contribution in [-0.4, -0.2) is 51.5 Å². The summed E-state index contributed by atoms with van der Waals surface area (Å²) in [6, 6.07) is 0. The number of rotatable bonds is 3. The van der Waals surface area contributed by atoms with Crippen LogP contribution < -0.4 is 5.69 Å². The van der Waals surface area contributed by atoms with Crippen molar-refractivity contribution in [1.29, 1.82) is 0 Å². The van der Waals surface area contributed by atoms with Gasteiger partial charge in [-0.1, -0.05) is 18.1 Å². The van der Waals surface area contributed by atoms with Gasteiger partial charge in [0.2, 0.25) is 0 Å². The molecule has 1 fully saturated rings. The number of hydrogen-bond acceptors (Lipinski definition) is 6. The lowest BCUT2D eigenvalue weighted by molar-refractivity contribution is -0.212. The maximum absolute atomic E-state index is 14.9. The van der Waals surface area contributed by atoms with Crippen LogP contribution in [0.25, 0.3) is 0 Å². The first-order valence-corrected chi connectivity index (χ1v) is 5.99. The molecule has 1 aliphatic rings. The van der Waals surface area contributed by atoms with Crippen molar-refractivity contribution in [2.45, 2.75) is 24.3 Å². The number of terminal acetylenes is 1. The summed E-state index contributed by atoms with van der Waals surface area (Å²) in [6.07, 6.45) is -1.75. The molecule has 0 aromatic carbocycles. The van der Waals surface area contributed by atoms with Crippen LogP contribution in [0.15, 0.2) is 11.0 Å². The van der Waals surface area contributed by atoms with Crippen LogP contribution in [0.1, 0.15) is 15.9 Å². The number of halogens is 1. The third kappa shape index (κ3) is 2.64. The van der Waals surface area contributed by atoms with Crippen LogP contribution in [0.4, 0.5) is 4.39 Å². The number of aromatic nitrogens is 2. The van der Waals surface area contributed by atoms with E-state index in [9.17, 15) is 19.4 Å². The molecule has 2 rings (SSSR count). The molecule has 0 amide bonds. The van der Waals surface area contributed by atoms with Crippen molar-refractivity contribution in [3.8, 4) is 12.3 Å². The normalized spacial score (nSPS) is 38.3. The Morgan fingerprint density at radius 1 is 1.86 bits per heavy atom. The number of hydrogen-bond donors (Lipinski definition) is 3. The summed E-state index contributed by atoms with van der Waals surface area (Å²) in [6.45, 7) is -3.23. The standard InChI is InChI=1S/C12H13FN2O5S/c1-3-6-4-15(11(18)14-9(6)21)10-7(16)8(17)12(13,20-10)5-19-2/h1,4,7-8,10,16-17H,5H2,2H3,(H,14,18,21)/t7-,8+,10-,12-/m1/s1/i5D2,10D. The van der Waals surface area contributed by atoms with Crippen molar-refractivity contribution in [3.63, 3.8) is 0 Å². The van der Waals surface area contributed by atoms with E-state index in [1.54, 1.807) is 0 Å². The number of methoxy groups -OCH3 is 1. The predicted octanol–water partition coefficient (Wildman–Crippen LogP) is -0.550. The minimum atomic E-state index is -3.63. The van der Waals surface area contributed by atoms with Crippen LogP contribution in [0.2, 0.25) is 0 Å². The van der Waals surface area contributed by atoms with Gasteiger partial charge >= 0.3 is 5.69 Å². The van der Waals surface area contributed by atoms with Crippen LogP contribution in [0.3, 0.4) is 0 Å². The SMILES string of the molecule is [2H]C([2H])(OC)[C@@]1(F)O[C@@]([2H])(n2cc(C#C)c(=S)[nH]c2=O)[C@H](O)[C@@H]1O. The molecule has 114 valence electrons. The second-order valence-corrected chi connectivity index (χ2v) is 4.51. The first kappa shape index (κ1) is 12.0. The minimum Gasteiger partial charge on any atom is -0.385 e. The van der Waals surface area contributed by atoms with Crippen molar-refractivity contribution in [2.75, 3.05) is 13.7 Å². The summed E-state index contributed by atoms with van der Waals surface area (Å²) >= 11 is 4.81. The zero-order valence-electron chi connectivity index (χ0n) is 13.7. The van der Waals surface area contributed by atoms with Gasteiger partial charge in [-0.25, -0.2) is 9.18 Å². The Balaban J connectivity index is 2.66. The van der Waals surface area contributed by atoms with E-state index in [0.717, 1.165) is 13.3 Å². The van der Waals surface area contributed by atoms with Crippen LogP contribution in [0, 0.1) is 17.0 Å². The van der Waals surface area contributed by atoms with Gasteiger partial charge in [0.1, 0.15) is 23.4 Å². The first-order chi connectivity index (χ1) is 10.9. The molecule has 0 radical (unpaired) electrons. The second-order valence-electron chi connectivity index (χ2n) is 4.10. The fraction of sp³-hybridized carbons (Fsp3) is 0.500. The topological polar surface area (TPSA) is 96.7 Å². The van der Waals surface area contributed by atoms with E-state index in [2.05, 4.69) is 20.4 Å². The quantitative estimate of drug-likeness (QED) is 0.511. The zero-order chi connectivity index (χ0) is 18.5. The van der Waals surface area contributed by atoms with Crippen molar-refractivity contribution in [2.24, 2.45) is 0 Å². The van der Waals surface area contributed by atoms with E-state index in [-0.39, 0.29) is 10.2 Å². The average Bonchev–Trinajstić information content (AvgIpc) is 2.70. The van der Waals surface area contributed by atoms with Gasteiger partial charge < -0.3 is 19.7 Å². The molecule has 1 aromatic rings. The molecule has 4 atom stereocenters. The molecule has 21 heavy (non-hydrogen) atoms. The molecule has 0 saturated carbocycles. The summed E-state index contributed by atoms with van der Waals surface area (Å²) < 4.78 is 47.1. The maximum Gasteiger partial charge on any atom is 0.328 e. The molecule has 0 aliphatic carbocycles. The largest absolute Gasteiger partial charge is 0.385 e. The molecule has 0 unspecified atom stereocenters. The van der Waals surface area contributed by atoms with Crippen LogP contribution >= 0.6 is 12.2 Å². The smallest absolute Gasteiger partial charge is 0.328 e. The van der Waals surface area contributed by atoms with Crippen molar-refractivity contribution in [1.82, 2.24) is 9.55 Å². The van der Waals surface area contributed by atoms with Gasteiger partial charge in [0.25, 0.3) is 5.85 Å². The van der Waals surface area contributed by atoms with Gasteiger partial charge in [-0.2, -0.15) is 0 Å². The van der Waals surface area contributed by atoms with Gasteiger partial charge in [-0.05, 0) is 0 Å². The highest BCUT2D eigenvalue weighted by atomic mass is 32.1. The number of alkyl halides is 1. The fourth-order valence-corrected chi connectivity index (χ4v) is 1.96. The molecule has 9 heteroatoms. The highest BCUT2D eigenvalue weighted by Crippen LogP contribution is 2.37. The van der Waals surface area contributed by atoms with E-state index in [1.807, 2.05) is 0 Å². The Hall–Kier alpha value is -1.57. The van der Waals surface area contributed by atoms with E-state index in [1.165, 1.54) is 0 Å². The third-order valence-corrected chi connectivity index (χ3v) is 3.08. The highest BCUT2D eigenvalue weighted by Gasteiger charge is 2.56. The molecule has 3 N–H and O–H groups in total. The number of ether oxygens (including phenoxy) is 2. The number of H-pyrrole nitrogens is 1. The van der Waals surface area contributed by atoms with Gasteiger partial charge in [-0.3, -0.25) is 9.55 Å². The van der Waals surface area contributed by atoms with E-state index in [0.29, 0.717) is 4.57 Å². The highest BCUT2D eigenvalue weighted by molar-refractivity contribution is 7.71. The lowest BCUT2D eigenvalue weighted by Crippen LogP contribution is -2.42. The minimum absolute atomic E-state index is 0.0624. The van der Waals surface area contributed by atoms with Crippen LogP contribution in [-0.2, 0) is 9.47 Å². The van der Waals surface area contributed by atoms with E-state index >= 15 is 0 Å². The number of aromatic amines is 1. The van der Waals surface area contributed by atoms with Crippen molar-refractivity contribution in [3.05, 3.63) is 26.9 Å². The lowest BCUT2D eigenvalue weighted by Gasteiger charge is -2.21. The fourth-order valence-electron chi connectivity index (χ4n) is 1.76. The number of aliphatic hydroxyl groups is 2. The maximum atomic E-state index is 14.9. The van der Waals surface area contributed by atoms with Crippen molar-refractivity contribution < 1.29 is 28.2 Å². The van der Waals surface area contributed by atoms with Gasteiger partial charge in [-0.15, -0.1) is 6.42 Å². The van der Waals surface area contributed by atoms with Gasteiger partial charge in [0.05, 0.1) is 9.68 Å². The molecule has 7 nitrogen and oxygen atoms in total. The van der Waals surface area contributed by atoms with Crippen LogP contribution in [0.5, 0.6) is 0 Å². The molecule has 1 aromatic heterocycles. The van der Waals surface area contributed by atoms with E-state index in [4.69, 9.17) is 22.8 Å². The average molecular weight is 319 g/mol. The molecule has 0 bridgehead atoms. The Morgan fingerprint density at radius 3 is 3.10 bits per heavy atom. The summed E-state index contributed by atoms with van der Waals surface area (Å²) in [5.74, 6) is -1.51. The molecule has 2 heterocycles. The number of aliphatic hydroxyl groups excluding tert-OH is 2. The molecule has 0 spiro atoms. The Bertz CT molecular complexity index is 824. The molecule has 1 aliphatic heterocycles. The summed E-state index contributed by atoms with van der Waals surface area (Å²) in [4.78, 5) is 14.1. The second kappa shape index (κ2) is 5.67. The Morgan fingerprint density at radius 2 is 2.52 bits per heavy atom. The summed E-state index contributed by atoms with van der Waals surface area (Å²) in [5.41, 5.74) is -1.14. The monoisotopic (exact) mass is 319 g/mol. The summed E-state index contributed by atoms with van der Waals surface area (Å²) in [5, 5.41) is 19.9. The molecular weight excluding hydrogens is 303 g/mol. The Kier molecular flexibility index (Phi) is 3.24. The zero-order valence-corrected chi connectivity index (χ0v) is 11.5. The lowest BCUT2D eigenvalue weighted by atomic mass is 10.1. The number of nitrogens with one attached hydrogen (secondary N) is 1. The van der Waals surface area contributed by atoms with E-state index < -0.39 is 36.5 Å². The number of nitrogens with zero attached hydrogens (tertiary/aromatic N) is 1. The van der Waals surface area contributed by atoms with Gasteiger partial charge in [0, 0.05) is 13.3 Å². The van der Waals surface area contributed by atoms with Crippen molar-refractivity contribution >= 4 is 12.2 Å².